The number of hydrogen-bond acceptors (Lipinski definition) is 4. The summed E-state index contributed by atoms with van der Waals surface area (Å²) in [5.41, 5.74) is 0.924. The van der Waals surface area contributed by atoms with Crippen LogP contribution < -0.4 is 11.2 Å². The smallest absolute Gasteiger partial charge is 0.412 e. The Kier molecular flexibility index (Phi) is 5.80. The molecule has 0 heterocycles. The van der Waals surface area contributed by atoms with Crippen LogP contribution in [0, 0.1) is 0 Å². The van der Waals surface area contributed by atoms with Gasteiger partial charge in [-0.25, -0.2) is 10.7 Å². The highest BCUT2D eigenvalue weighted by Crippen LogP contribution is 2.27. The molecule has 1 amide bonds. The van der Waals surface area contributed by atoms with Crippen molar-refractivity contribution in [1.82, 2.24) is 0 Å². The number of anilines is 1. The molecule has 0 fully saturated rings. The molecule has 0 aliphatic rings. The van der Waals surface area contributed by atoms with Gasteiger partial charge < -0.3 is 9.57 Å². The number of nitrogens with one attached hydrogen (secondary N) is 1. The monoisotopic (exact) mass is 300 g/mol. The third-order valence-electron chi connectivity index (χ3n) is 2.52. The summed E-state index contributed by atoms with van der Waals surface area (Å²) in [6.45, 7) is 7.70. The van der Waals surface area contributed by atoms with Crippen LogP contribution in [0.5, 0.6) is 0 Å². The molecule has 5 nitrogen and oxygen atoms in total. The summed E-state index contributed by atoms with van der Waals surface area (Å²) in [5, 5.41) is 3.27. The highest BCUT2D eigenvalue weighted by molar-refractivity contribution is 6.31. The zero-order valence-electron chi connectivity index (χ0n) is 12.2. The molecule has 1 rings (SSSR count). The van der Waals surface area contributed by atoms with Crippen molar-refractivity contribution in [3.8, 4) is 0 Å². The van der Waals surface area contributed by atoms with Gasteiger partial charge in [0.2, 0.25) is 0 Å². The summed E-state index contributed by atoms with van der Waals surface area (Å²) in [6.07, 6.45) is -0.506. The normalized spacial score (nSPS) is 12.9. The minimum atomic E-state index is -0.542. The van der Waals surface area contributed by atoms with Crippen molar-refractivity contribution in [1.29, 1.82) is 0 Å². The van der Waals surface area contributed by atoms with E-state index >= 15 is 0 Å². The lowest BCUT2D eigenvalue weighted by atomic mass is 10.0. The van der Waals surface area contributed by atoms with E-state index in [1.165, 1.54) is 0 Å². The van der Waals surface area contributed by atoms with Crippen LogP contribution >= 0.6 is 11.6 Å². The number of benzene rings is 1. The fourth-order valence-electron chi connectivity index (χ4n) is 1.65. The molecule has 0 aliphatic heterocycles. The van der Waals surface area contributed by atoms with Crippen LogP contribution in [0.1, 0.15) is 39.2 Å². The van der Waals surface area contributed by atoms with Crippen molar-refractivity contribution in [2.45, 2.75) is 39.2 Å². The molecule has 0 aliphatic carbocycles. The predicted octanol–water partition coefficient (Wildman–Crippen LogP) is 3.68. The second kappa shape index (κ2) is 6.92. The van der Waals surface area contributed by atoms with E-state index in [1.807, 2.05) is 6.92 Å². The third kappa shape index (κ3) is 5.36. The Balaban J connectivity index is 2.82. The number of carbonyl (C=O) groups excluding carboxylic acids is 1. The van der Waals surface area contributed by atoms with Crippen LogP contribution in [0.2, 0.25) is 5.02 Å². The predicted molar refractivity (Wildman–Crippen MR) is 79.9 cm³/mol. The number of carbonyl (C=O) groups is 1. The Hall–Kier alpha value is -1.30. The first kappa shape index (κ1) is 16.8. The quantitative estimate of drug-likeness (QED) is 0.832. The van der Waals surface area contributed by atoms with Crippen LogP contribution in [-0.4, -0.2) is 18.3 Å². The van der Waals surface area contributed by atoms with Crippen molar-refractivity contribution in [2.75, 3.05) is 11.9 Å². The summed E-state index contributed by atoms with van der Waals surface area (Å²) in [5.74, 6) is 5.09. The van der Waals surface area contributed by atoms with Crippen LogP contribution in [-0.2, 0) is 9.57 Å². The van der Waals surface area contributed by atoms with Crippen molar-refractivity contribution < 1.29 is 14.4 Å². The summed E-state index contributed by atoms with van der Waals surface area (Å²) >= 11 is 6.13. The lowest BCUT2D eigenvalue weighted by molar-refractivity contribution is 0.0636. The molecule has 0 saturated carbocycles. The zero-order valence-corrected chi connectivity index (χ0v) is 13.0. The number of amides is 1. The molecular weight excluding hydrogens is 280 g/mol. The molecule has 20 heavy (non-hydrogen) atoms. The van der Waals surface area contributed by atoms with Crippen molar-refractivity contribution in [3.63, 3.8) is 0 Å². The van der Waals surface area contributed by atoms with E-state index in [4.69, 9.17) is 22.2 Å². The standard InChI is InChI=1S/C14H21ClN2O3/c1-9(8-19-16)11-7-10(5-6-12(11)15)17-13(18)20-14(2,3)4/h5-7,9H,8,16H2,1-4H3,(H,17,18). The van der Waals surface area contributed by atoms with Gasteiger partial charge in [-0.1, -0.05) is 18.5 Å². The summed E-state index contributed by atoms with van der Waals surface area (Å²) in [7, 11) is 0. The molecular formula is C14H21ClN2O3. The molecule has 6 heteroatoms. The first-order chi connectivity index (χ1) is 9.23. The van der Waals surface area contributed by atoms with E-state index in [9.17, 15) is 4.79 Å². The van der Waals surface area contributed by atoms with Crippen LogP contribution in [0.4, 0.5) is 10.5 Å². The minimum absolute atomic E-state index is 0.0212. The van der Waals surface area contributed by atoms with Crippen molar-refractivity contribution in [3.05, 3.63) is 28.8 Å². The highest BCUT2D eigenvalue weighted by Gasteiger charge is 2.17. The molecule has 0 radical (unpaired) electrons. The fraction of sp³-hybridized carbons (Fsp3) is 0.500. The molecule has 112 valence electrons. The van der Waals surface area contributed by atoms with Crippen LogP contribution in [0.3, 0.4) is 0 Å². The number of ether oxygens (including phenoxy) is 1. The molecule has 0 saturated heterocycles. The van der Waals surface area contributed by atoms with Gasteiger partial charge >= 0.3 is 6.09 Å². The summed E-state index contributed by atoms with van der Waals surface area (Å²) < 4.78 is 5.19. The van der Waals surface area contributed by atoms with Gasteiger partial charge in [0.25, 0.3) is 0 Å². The van der Waals surface area contributed by atoms with E-state index in [-0.39, 0.29) is 5.92 Å². The maximum atomic E-state index is 11.7. The van der Waals surface area contributed by atoms with Crippen LogP contribution in [0.25, 0.3) is 0 Å². The Bertz CT molecular complexity index is 472. The van der Waals surface area contributed by atoms with Crippen molar-refractivity contribution >= 4 is 23.4 Å². The first-order valence-electron chi connectivity index (χ1n) is 6.34. The molecule has 1 aromatic rings. The van der Waals surface area contributed by atoms with Gasteiger partial charge in [0.15, 0.2) is 0 Å². The Labute approximate surface area is 124 Å². The first-order valence-corrected chi connectivity index (χ1v) is 6.72. The van der Waals surface area contributed by atoms with E-state index in [0.29, 0.717) is 17.3 Å². The molecule has 3 N–H and O–H groups in total. The van der Waals surface area contributed by atoms with Gasteiger partial charge in [-0.3, -0.25) is 5.32 Å². The van der Waals surface area contributed by atoms with Gasteiger partial charge in [0, 0.05) is 16.6 Å². The van der Waals surface area contributed by atoms with Gasteiger partial charge in [-0.2, -0.15) is 0 Å². The topological polar surface area (TPSA) is 73.6 Å². The molecule has 1 aromatic carbocycles. The maximum absolute atomic E-state index is 11.7. The lowest BCUT2D eigenvalue weighted by Gasteiger charge is -2.20. The molecule has 1 unspecified atom stereocenters. The van der Waals surface area contributed by atoms with E-state index in [2.05, 4.69) is 10.2 Å². The molecule has 1 atom stereocenters. The second-order valence-corrected chi connectivity index (χ2v) is 6.00. The molecule has 0 spiro atoms. The largest absolute Gasteiger partial charge is 0.444 e. The highest BCUT2D eigenvalue weighted by atomic mass is 35.5. The van der Waals surface area contributed by atoms with Gasteiger partial charge in [-0.15, -0.1) is 0 Å². The third-order valence-corrected chi connectivity index (χ3v) is 2.86. The second-order valence-electron chi connectivity index (χ2n) is 5.60. The maximum Gasteiger partial charge on any atom is 0.412 e. The SMILES string of the molecule is CC(CON)c1cc(NC(=O)OC(C)(C)C)ccc1Cl. The zero-order chi connectivity index (χ0) is 15.3. The minimum Gasteiger partial charge on any atom is -0.444 e. The van der Waals surface area contributed by atoms with Gasteiger partial charge in [0.1, 0.15) is 5.60 Å². The van der Waals surface area contributed by atoms with Gasteiger partial charge in [0.05, 0.1) is 6.61 Å². The molecule has 0 aromatic heterocycles. The average Bonchev–Trinajstić information content (AvgIpc) is 2.29. The fourth-order valence-corrected chi connectivity index (χ4v) is 1.96. The number of hydrogen-bond donors (Lipinski definition) is 2. The summed E-state index contributed by atoms with van der Waals surface area (Å²) in [6, 6.07) is 5.22. The lowest BCUT2D eigenvalue weighted by Crippen LogP contribution is -2.27. The van der Waals surface area contributed by atoms with Crippen LogP contribution in [0.15, 0.2) is 18.2 Å². The number of halogens is 1. The number of rotatable bonds is 4. The Morgan fingerprint density at radius 1 is 1.45 bits per heavy atom. The van der Waals surface area contributed by atoms with Crippen molar-refractivity contribution in [2.24, 2.45) is 5.90 Å². The Morgan fingerprint density at radius 2 is 2.10 bits per heavy atom. The van der Waals surface area contributed by atoms with E-state index in [1.54, 1.807) is 39.0 Å². The number of nitrogens with two attached hydrogens (primary N) is 1. The Morgan fingerprint density at radius 3 is 2.65 bits per heavy atom. The summed E-state index contributed by atoms with van der Waals surface area (Å²) in [4.78, 5) is 16.3. The van der Waals surface area contributed by atoms with E-state index in [0.717, 1.165) is 5.56 Å². The average molecular weight is 301 g/mol. The van der Waals surface area contributed by atoms with Gasteiger partial charge in [-0.05, 0) is 44.5 Å². The van der Waals surface area contributed by atoms with E-state index < -0.39 is 11.7 Å². The molecule has 0 bridgehead atoms.